The van der Waals surface area contributed by atoms with E-state index in [9.17, 15) is 14.7 Å². The first-order valence-electron chi connectivity index (χ1n) is 9.77. The molecule has 7 nitrogen and oxygen atoms in total. The first kappa shape index (κ1) is 20.0. The smallest absolute Gasteiger partial charge is 0.255 e. The quantitative estimate of drug-likeness (QED) is 0.810. The summed E-state index contributed by atoms with van der Waals surface area (Å²) in [4.78, 5) is 31.6. The molecule has 3 rings (SSSR count). The predicted octanol–water partition coefficient (Wildman–Crippen LogP) is 0.781. The van der Waals surface area contributed by atoms with Crippen molar-refractivity contribution in [3.63, 3.8) is 0 Å². The number of amides is 1. The molecule has 1 amide bonds. The van der Waals surface area contributed by atoms with Gasteiger partial charge in [0.05, 0.1) is 17.8 Å². The molecule has 0 radical (unpaired) electrons. The topological polar surface area (TPSA) is 85.9 Å². The molecule has 2 aliphatic heterocycles. The van der Waals surface area contributed by atoms with Gasteiger partial charge in [-0.1, -0.05) is 0 Å². The molecule has 0 unspecified atom stereocenters. The number of hydrogen-bond acceptors (Lipinski definition) is 5. The summed E-state index contributed by atoms with van der Waals surface area (Å²) in [5, 5.41) is 9.86. The van der Waals surface area contributed by atoms with Crippen LogP contribution >= 0.6 is 0 Å². The second-order valence-corrected chi connectivity index (χ2v) is 8.21. The standard InChI is InChI=1S/C20H31N3O4/c1-12-5-18(25)21-15(4)19(12)20(26)23-9-16(17(10-23)11-24)8-22-6-13(2)27-14(3)7-22/h5,13-14,16-17,24H,6-11H2,1-4H3,(H,21,25)/t13-,14+,16-,17-/m1/s1. The molecule has 0 aromatic carbocycles. The number of rotatable bonds is 4. The molecule has 0 aliphatic carbocycles. The molecule has 0 saturated carbocycles. The Hall–Kier alpha value is -1.70. The molecule has 2 fully saturated rings. The van der Waals surface area contributed by atoms with E-state index < -0.39 is 0 Å². The van der Waals surface area contributed by atoms with Crippen LogP contribution in [0.15, 0.2) is 10.9 Å². The highest BCUT2D eigenvalue weighted by atomic mass is 16.5. The lowest BCUT2D eigenvalue weighted by molar-refractivity contribution is -0.0726. The van der Waals surface area contributed by atoms with Gasteiger partial charge in [0.15, 0.2) is 0 Å². The number of aliphatic hydroxyl groups excluding tert-OH is 1. The number of aryl methyl sites for hydroxylation is 2. The number of carbonyl (C=O) groups is 1. The number of aliphatic hydroxyl groups is 1. The summed E-state index contributed by atoms with van der Waals surface area (Å²) in [7, 11) is 0. The van der Waals surface area contributed by atoms with Gasteiger partial charge in [-0.2, -0.15) is 0 Å². The largest absolute Gasteiger partial charge is 0.396 e. The number of pyridine rings is 1. The van der Waals surface area contributed by atoms with Crippen LogP contribution in [0.4, 0.5) is 0 Å². The van der Waals surface area contributed by atoms with Crippen molar-refractivity contribution < 1.29 is 14.6 Å². The maximum Gasteiger partial charge on any atom is 0.255 e. The summed E-state index contributed by atoms with van der Waals surface area (Å²) < 4.78 is 5.80. The van der Waals surface area contributed by atoms with E-state index in [2.05, 4.69) is 23.7 Å². The molecule has 0 bridgehead atoms. The molecule has 150 valence electrons. The molecule has 2 saturated heterocycles. The molecular formula is C20H31N3O4. The number of nitrogens with zero attached hydrogens (tertiary/aromatic N) is 2. The molecule has 27 heavy (non-hydrogen) atoms. The van der Waals surface area contributed by atoms with E-state index in [1.165, 1.54) is 6.07 Å². The number of aromatic amines is 1. The van der Waals surface area contributed by atoms with Gasteiger partial charge in [-0.05, 0) is 39.2 Å². The van der Waals surface area contributed by atoms with E-state index in [1.54, 1.807) is 13.8 Å². The summed E-state index contributed by atoms with van der Waals surface area (Å²) in [6.45, 7) is 11.6. The number of likely N-dealkylation sites (tertiary alicyclic amines) is 1. The number of morpholine rings is 1. The fourth-order valence-corrected chi connectivity index (χ4v) is 4.62. The number of hydrogen-bond donors (Lipinski definition) is 2. The van der Waals surface area contributed by atoms with Gasteiger partial charge in [-0.25, -0.2) is 0 Å². The number of ether oxygens (including phenoxy) is 1. The number of nitrogens with one attached hydrogen (secondary N) is 1. The first-order valence-corrected chi connectivity index (χ1v) is 9.77. The minimum atomic E-state index is -0.190. The summed E-state index contributed by atoms with van der Waals surface area (Å²) in [6, 6.07) is 1.47. The van der Waals surface area contributed by atoms with E-state index in [4.69, 9.17) is 4.74 Å². The molecule has 3 heterocycles. The lowest BCUT2D eigenvalue weighted by atomic mass is 9.96. The van der Waals surface area contributed by atoms with E-state index in [0.717, 1.165) is 19.6 Å². The second-order valence-electron chi connectivity index (χ2n) is 8.21. The number of carbonyl (C=O) groups excluding carboxylic acids is 1. The van der Waals surface area contributed by atoms with E-state index in [-0.39, 0.29) is 42.1 Å². The lowest BCUT2D eigenvalue weighted by Gasteiger charge is -2.37. The molecule has 2 N–H and O–H groups in total. The average molecular weight is 377 g/mol. The summed E-state index contributed by atoms with van der Waals surface area (Å²) in [5.41, 5.74) is 1.68. The van der Waals surface area contributed by atoms with E-state index in [1.807, 2.05) is 4.90 Å². The van der Waals surface area contributed by atoms with Gasteiger partial charge in [-0.3, -0.25) is 14.5 Å². The highest BCUT2D eigenvalue weighted by Gasteiger charge is 2.37. The molecule has 1 aromatic rings. The number of H-pyrrole nitrogens is 1. The Morgan fingerprint density at radius 1 is 1.19 bits per heavy atom. The van der Waals surface area contributed by atoms with Crippen LogP contribution in [0, 0.1) is 25.7 Å². The zero-order chi connectivity index (χ0) is 19.7. The van der Waals surface area contributed by atoms with Crippen LogP contribution in [0.3, 0.4) is 0 Å². The molecular weight excluding hydrogens is 346 g/mol. The van der Waals surface area contributed by atoms with Crippen molar-refractivity contribution in [1.82, 2.24) is 14.8 Å². The monoisotopic (exact) mass is 377 g/mol. The zero-order valence-corrected chi connectivity index (χ0v) is 16.7. The Bertz CT molecular complexity index is 711. The van der Waals surface area contributed by atoms with Gasteiger partial charge in [-0.15, -0.1) is 0 Å². The Labute approximate surface area is 160 Å². The summed E-state index contributed by atoms with van der Waals surface area (Å²) >= 11 is 0. The van der Waals surface area contributed by atoms with Crippen molar-refractivity contribution in [2.24, 2.45) is 11.8 Å². The van der Waals surface area contributed by atoms with Gasteiger partial charge >= 0.3 is 0 Å². The highest BCUT2D eigenvalue weighted by molar-refractivity contribution is 5.96. The summed E-state index contributed by atoms with van der Waals surface area (Å²) in [6.07, 6.45) is 0.402. The Morgan fingerprint density at radius 3 is 2.41 bits per heavy atom. The van der Waals surface area contributed by atoms with E-state index >= 15 is 0 Å². The minimum Gasteiger partial charge on any atom is -0.396 e. The van der Waals surface area contributed by atoms with Crippen LogP contribution < -0.4 is 5.56 Å². The lowest BCUT2D eigenvalue weighted by Crippen LogP contribution is -2.48. The first-order chi connectivity index (χ1) is 12.8. The Morgan fingerprint density at radius 2 is 1.81 bits per heavy atom. The van der Waals surface area contributed by atoms with Crippen LogP contribution in [0.2, 0.25) is 0 Å². The Kier molecular flexibility index (Phi) is 6.03. The normalized spacial score (nSPS) is 29.3. The van der Waals surface area contributed by atoms with Gasteiger partial charge in [0.25, 0.3) is 5.91 Å². The van der Waals surface area contributed by atoms with Crippen LogP contribution in [-0.2, 0) is 4.74 Å². The van der Waals surface area contributed by atoms with Crippen LogP contribution in [-0.4, -0.2) is 77.3 Å². The molecule has 1 aromatic heterocycles. The second kappa shape index (κ2) is 8.12. The molecule has 0 spiro atoms. The van der Waals surface area contributed by atoms with Gasteiger partial charge in [0.1, 0.15) is 0 Å². The van der Waals surface area contributed by atoms with Gasteiger partial charge < -0.3 is 19.7 Å². The zero-order valence-electron chi connectivity index (χ0n) is 16.7. The fraction of sp³-hybridized carbons (Fsp3) is 0.700. The maximum absolute atomic E-state index is 13.1. The van der Waals surface area contributed by atoms with Crippen molar-refractivity contribution >= 4 is 5.91 Å². The third-order valence-corrected chi connectivity index (χ3v) is 5.73. The van der Waals surface area contributed by atoms with Crippen molar-refractivity contribution in [3.8, 4) is 0 Å². The van der Waals surface area contributed by atoms with Crippen LogP contribution in [0.5, 0.6) is 0 Å². The van der Waals surface area contributed by atoms with Crippen LogP contribution in [0.25, 0.3) is 0 Å². The van der Waals surface area contributed by atoms with Gasteiger partial charge in [0.2, 0.25) is 5.56 Å². The maximum atomic E-state index is 13.1. The van der Waals surface area contributed by atoms with Crippen molar-refractivity contribution in [3.05, 3.63) is 33.2 Å². The third-order valence-electron chi connectivity index (χ3n) is 5.73. The van der Waals surface area contributed by atoms with Crippen molar-refractivity contribution in [2.75, 3.05) is 39.3 Å². The van der Waals surface area contributed by atoms with Crippen molar-refractivity contribution in [1.29, 1.82) is 0 Å². The SMILES string of the molecule is Cc1cc(=O)[nH]c(C)c1C(=O)N1C[C@@H](CN2C[C@@H](C)O[C@@H](C)C2)[C@@H](CO)C1. The summed E-state index contributed by atoms with van der Waals surface area (Å²) in [5.74, 6) is 0.247. The van der Waals surface area contributed by atoms with Crippen molar-refractivity contribution in [2.45, 2.75) is 39.9 Å². The van der Waals surface area contributed by atoms with Crippen LogP contribution in [0.1, 0.15) is 35.5 Å². The highest BCUT2D eigenvalue weighted by Crippen LogP contribution is 2.27. The number of aromatic nitrogens is 1. The molecule has 7 heteroatoms. The average Bonchev–Trinajstić information content (AvgIpc) is 2.95. The fourth-order valence-electron chi connectivity index (χ4n) is 4.62. The molecule has 4 atom stereocenters. The Balaban J connectivity index is 1.72. The van der Waals surface area contributed by atoms with Gasteiger partial charge in [0, 0.05) is 57.0 Å². The minimum absolute atomic E-state index is 0.0640. The molecule has 2 aliphatic rings. The third kappa shape index (κ3) is 4.42. The predicted molar refractivity (Wildman–Crippen MR) is 103 cm³/mol. The van der Waals surface area contributed by atoms with E-state index in [0.29, 0.717) is 29.9 Å².